The molecule has 4 rings (SSSR count). The van der Waals surface area contributed by atoms with Crippen molar-refractivity contribution in [2.45, 2.75) is 32.7 Å². The minimum Gasteiger partial charge on any atom is -0.341 e. The zero-order valence-electron chi connectivity index (χ0n) is 15.9. The minimum atomic E-state index is -0.753. The van der Waals surface area contributed by atoms with E-state index in [9.17, 15) is 14.4 Å². The van der Waals surface area contributed by atoms with E-state index in [-0.39, 0.29) is 41.4 Å². The van der Waals surface area contributed by atoms with Crippen LogP contribution in [0.3, 0.4) is 0 Å². The molecule has 2 bridgehead atoms. The summed E-state index contributed by atoms with van der Waals surface area (Å²) in [6, 6.07) is 8.89. The number of nitrogens with zero attached hydrogens (tertiary/aromatic N) is 2. The highest BCUT2D eigenvalue weighted by Gasteiger charge is 2.61. The third kappa shape index (κ3) is 2.80. The Labute approximate surface area is 160 Å². The first-order valence-electron chi connectivity index (χ1n) is 9.94. The summed E-state index contributed by atoms with van der Waals surface area (Å²) in [6.45, 7) is 4.98. The molecule has 1 aromatic carbocycles. The number of amides is 3. The molecular weight excluding hydrogens is 340 g/mol. The molecule has 1 saturated carbocycles. The van der Waals surface area contributed by atoms with E-state index in [1.807, 2.05) is 44.2 Å². The van der Waals surface area contributed by atoms with Crippen molar-refractivity contribution in [3.8, 4) is 0 Å². The van der Waals surface area contributed by atoms with Crippen LogP contribution in [0.4, 0.5) is 0 Å². The van der Waals surface area contributed by atoms with E-state index in [2.05, 4.69) is 12.2 Å². The van der Waals surface area contributed by atoms with Gasteiger partial charge in [-0.2, -0.15) is 0 Å². The number of fused-ring (bicyclic) bond motifs is 5. The Morgan fingerprint density at radius 3 is 2.11 bits per heavy atom. The van der Waals surface area contributed by atoms with Gasteiger partial charge in [-0.25, -0.2) is 0 Å². The molecule has 1 heterocycles. The smallest absolute Gasteiger partial charge is 0.246 e. The standard InChI is InChI=1S/C22H26N2O3/c1-3-23(4-2)20(25)17(12-14-8-6-5-7-9-14)24-21(26)18-15-10-11-16(13-15)19(18)22(24)27/h5-11,15-19H,3-4,12-13H2,1-2H3. The van der Waals surface area contributed by atoms with Crippen molar-refractivity contribution in [1.82, 2.24) is 9.80 Å². The molecule has 1 aliphatic heterocycles. The average molecular weight is 366 g/mol. The summed E-state index contributed by atoms with van der Waals surface area (Å²) in [5.41, 5.74) is 0.960. The number of carbonyl (C=O) groups is 3. The number of allylic oxidation sites excluding steroid dienone is 2. The Bertz CT molecular complexity index is 754. The largest absolute Gasteiger partial charge is 0.341 e. The van der Waals surface area contributed by atoms with Gasteiger partial charge in [0.25, 0.3) is 0 Å². The number of hydrogen-bond donors (Lipinski definition) is 0. The third-order valence-electron chi connectivity index (χ3n) is 6.45. The quantitative estimate of drug-likeness (QED) is 0.573. The van der Waals surface area contributed by atoms with Gasteiger partial charge in [0.15, 0.2) is 0 Å². The SMILES string of the molecule is CCN(CC)C(=O)C(Cc1ccccc1)N1C(=O)C2C3C=CC(C3)C2C1=O. The lowest BCUT2D eigenvalue weighted by Crippen LogP contribution is -2.52. The number of likely N-dealkylation sites (tertiary alicyclic amines) is 1. The van der Waals surface area contributed by atoms with Crippen LogP contribution in [0.25, 0.3) is 0 Å². The van der Waals surface area contributed by atoms with Gasteiger partial charge in [0, 0.05) is 19.5 Å². The summed E-state index contributed by atoms with van der Waals surface area (Å²) in [6.07, 6.45) is 5.43. The van der Waals surface area contributed by atoms with Gasteiger partial charge >= 0.3 is 0 Å². The Hall–Kier alpha value is -2.43. The topological polar surface area (TPSA) is 57.7 Å². The summed E-state index contributed by atoms with van der Waals surface area (Å²) in [7, 11) is 0. The number of likely N-dealkylation sites (N-methyl/N-ethyl adjacent to an activating group) is 1. The molecule has 0 radical (unpaired) electrons. The fourth-order valence-corrected chi connectivity index (χ4v) is 5.10. The van der Waals surface area contributed by atoms with Crippen molar-refractivity contribution in [2.24, 2.45) is 23.7 Å². The molecule has 0 N–H and O–H groups in total. The van der Waals surface area contributed by atoms with E-state index in [1.165, 1.54) is 4.90 Å². The van der Waals surface area contributed by atoms with Crippen LogP contribution in [0.2, 0.25) is 0 Å². The Balaban J connectivity index is 1.67. The van der Waals surface area contributed by atoms with Crippen molar-refractivity contribution in [3.63, 3.8) is 0 Å². The molecule has 3 amide bonds. The van der Waals surface area contributed by atoms with Gasteiger partial charge in [-0.3, -0.25) is 19.3 Å². The first kappa shape index (κ1) is 18.0. The Morgan fingerprint density at radius 1 is 1.04 bits per heavy atom. The maximum absolute atomic E-state index is 13.3. The lowest BCUT2D eigenvalue weighted by Gasteiger charge is -2.31. The first-order valence-corrected chi connectivity index (χ1v) is 9.94. The number of carbonyl (C=O) groups excluding carboxylic acids is 3. The van der Waals surface area contributed by atoms with Gasteiger partial charge in [0.2, 0.25) is 17.7 Å². The molecule has 5 atom stereocenters. The molecule has 0 aromatic heterocycles. The van der Waals surface area contributed by atoms with E-state index in [1.54, 1.807) is 4.90 Å². The number of imide groups is 1. The van der Waals surface area contributed by atoms with Crippen LogP contribution in [0.1, 0.15) is 25.8 Å². The Kier molecular flexibility index (Phi) is 4.62. The van der Waals surface area contributed by atoms with E-state index < -0.39 is 6.04 Å². The van der Waals surface area contributed by atoms with Crippen LogP contribution in [0.5, 0.6) is 0 Å². The van der Waals surface area contributed by atoms with Crippen LogP contribution >= 0.6 is 0 Å². The molecule has 1 aromatic rings. The molecule has 2 fully saturated rings. The molecule has 3 aliphatic rings. The van der Waals surface area contributed by atoms with Crippen LogP contribution in [0, 0.1) is 23.7 Å². The molecule has 27 heavy (non-hydrogen) atoms. The monoisotopic (exact) mass is 366 g/mol. The Morgan fingerprint density at radius 2 is 1.59 bits per heavy atom. The normalized spacial score (nSPS) is 29.3. The summed E-state index contributed by atoms with van der Waals surface area (Å²) in [4.78, 5) is 42.7. The lowest BCUT2D eigenvalue weighted by atomic mass is 9.85. The van der Waals surface area contributed by atoms with Crippen molar-refractivity contribution >= 4 is 17.7 Å². The van der Waals surface area contributed by atoms with Crippen LogP contribution in [-0.2, 0) is 20.8 Å². The van der Waals surface area contributed by atoms with Crippen molar-refractivity contribution < 1.29 is 14.4 Å². The second kappa shape index (κ2) is 6.95. The third-order valence-corrected chi connectivity index (χ3v) is 6.45. The lowest BCUT2D eigenvalue weighted by molar-refractivity contribution is -0.152. The van der Waals surface area contributed by atoms with Gasteiger partial charge < -0.3 is 4.90 Å². The van der Waals surface area contributed by atoms with Crippen molar-refractivity contribution in [2.75, 3.05) is 13.1 Å². The molecule has 0 spiro atoms. The van der Waals surface area contributed by atoms with Gasteiger partial charge in [-0.05, 0) is 37.7 Å². The molecule has 5 nitrogen and oxygen atoms in total. The zero-order valence-corrected chi connectivity index (χ0v) is 15.9. The molecular formula is C22H26N2O3. The summed E-state index contributed by atoms with van der Waals surface area (Å²) in [5, 5.41) is 0. The van der Waals surface area contributed by atoms with E-state index >= 15 is 0 Å². The van der Waals surface area contributed by atoms with Crippen molar-refractivity contribution in [3.05, 3.63) is 48.0 Å². The first-order chi connectivity index (χ1) is 13.1. The molecule has 2 aliphatic carbocycles. The van der Waals surface area contributed by atoms with Crippen LogP contribution in [0.15, 0.2) is 42.5 Å². The highest BCUT2D eigenvalue weighted by Crippen LogP contribution is 2.53. The summed E-state index contributed by atoms with van der Waals surface area (Å²) < 4.78 is 0. The molecule has 5 unspecified atom stereocenters. The summed E-state index contributed by atoms with van der Waals surface area (Å²) >= 11 is 0. The molecule has 142 valence electrons. The van der Waals surface area contributed by atoms with Gasteiger partial charge in [0.1, 0.15) is 6.04 Å². The predicted molar refractivity (Wildman–Crippen MR) is 101 cm³/mol. The van der Waals surface area contributed by atoms with Crippen LogP contribution < -0.4 is 0 Å². The zero-order chi connectivity index (χ0) is 19.1. The van der Waals surface area contributed by atoms with Gasteiger partial charge in [-0.1, -0.05) is 42.5 Å². The van der Waals surface area contributed by atoms with Crippen molar-refractivity contribution in [1.29, 1.82) is 0 Å². The maximum Gasteiger partial charge on any atom is 0.246 e. The number of hydrogen-bond acceptors (Lipinski definition) is 3. The number of rotatable bonds is 6. The second-order valence-electron chi connectivity index (χ2n) is 7.76. The predicted octanol–water partition coefficient (Wildman–Crippen LogP) is 2.27. The average Bonchev–Trinajstić information content (AvgIpc) is 3.36. The van der Waals surface area contributed by atoms with Gasteiger partial charge in [0.05, 0.1) is 11.8 Å². The van der Waals surface area contributed by atoms with Crippen LogP contribution in [-0.4, -0.2) is 46.7 Å². The minimum absolute atomic E-state index is 0.133. The number of benzene rings is 1. The van der Waals surface area contributed by atoms with E-state index in [0.29, 0.717) is 19.5 Å². The van der Waals surface area contributed by atoms with E-state index in [0.717, 1.165) is 12.0 Å². The fraction of sp³-hybridized carbons (Fsp3) is 0.500. The highest BCUT2D eigenvalue weighted by molar-refractivity contribution is 6.09. The molecule has 5 heteroatoms. The molecule has 1 saturated heterocycles. The second-order valence-corrected chi connectivity index (χ2v) is 7.76. The van der Waals surface area contributed by atoms with Gasteiger partial charge in [-0.15, -0.1) is 0 Å². The highest BCUT2D eigenvalue weighted by atomic mass is 16.2. The fourth-order valence-electron chi connectivity index (χ4n) is 5.10. The summed E-state index contributed by atoms with van der Waals surface area (Å²) in [5.74, 6) is -0.660. The van der Waals surface area contributed by atoms with E-state index in [4.69, 9.17) is 0 Å². The maximum atomic E-state index is 13.3.